The maximum absolute atomic E-state index is 4.98. The molecule has 0 spiro atoms. The topological polar surface area (TPSA) is 26.2 Å². The van der Waals surface area contributed by atoms with E-state index >= 15 is 0 Å². The van der Waals surface area contributed by atoms with Gasteiger partial charge in [-0.15, -0.1) is 0 Å². The average molecular weight is 196 g/mol. The number of aryl methyl sites for hydroxylation is 1. The quantitative estimate of drug-likeness (QED) is 0.697. The highest BCUT2D eigenvalue weighted by Gasteiger charge is 1.99. The first-order valence-electron chi connectivity index (χ1n) is 5.06. The van der Waals surface area contributed by atoms with Gasteiger partial charge in [0.05, 0.1) is 0 Å². The van der Waals surface area contributed by atoms with Crippen molar-refractivity contribution in [2.24, 2.45) is 7.05 Å². The van der Waals surface area contributed by atoms with E-state index in [0.717, 1.165) is 26.1 Å². The van der Waals surface area contributed by atoms with Crippen LogP contribution in [0.3, 0.4) is 0 Å². The summed E-state index contributed by atoms with van der Waals surface area (Å²) in [5.41, 5.74) is 2.64. The van der Waals surface area contributed by atoms with Crippen LogP contribution in [-0.2, 0) is 18.3 Å². The average Bonchev–Trinajstić information content (AvgIpc) is 2.49. The fourth-order valence-corrected chi connectivity index (χ4v) is 1.40. The van der Waals surface area contributed by atoms with E-state index in [0.29, 0.717) is 0 Å². The van der Waals surface area contributed by atoms with Crippen molar-refractivity contribution >= 4 is 0 Å². The molecule has 1 N–H and O–H groups in total. The van der Waals surface area contributed by atoms with Crippen molar-refractivity contribution in [1.29, 1.82) is 0 Å². The van der Waals surface area contributed by atoms with Gasteiger partial charge in [0, 0.05) is 38.7 Å². The molecule has 0 saturated heterocycles. The lowest BCUT2D eigenvalue weighted by Crippen LogP contribution is -2.18. The number of hydrogen-bond donors (Lipinski definition) is 1. The van der Waals surface area contributed by atoms with Gasteiger partial charge in [-0.2, -0.15) is 0 Å². The summed E-state index contributed by atoms with van der Waals surface area (Å²) in [6.07, 6.45) is 1.07. The van der Waals surface area contributed by atoms with E-state index in [1.165, 1.54) is 11.4 Å². The Morgan fingerprint density at radius 3 is 2.79 bits per heavy atom. The number of aromatic nitrogens is 1. The number of rotatable bonds is 6. The molecule has 1 aromatic heterocycles. The zero-order chi connectivity index (χ0) is 10.4. The van der Waals surface area contributed by atoms with Gasteiger partial charge in [0.2, 0.25) is 0 Å². The molecule has 0 aromatic carbocycles. The van der Waals surface area contributed by atoms with Crippen LogP contribution >= 0.6 is 0 Å². The summed E-state index contributed by atoms with van der Waals surface area (Å²) in [7, 11) is 3.84. The third-order valence-electron chi connectivity index (χ3n) is 2.48. The highest BCUT2D eigenvalue weighted by atomic mass is 16.5. The van der Waals surface area contributed by atoms with Crippen molar-refractivity contribution in [2.45, 2.75) is 19.9 Å². The normalized spacial score (nSPS) is 10.8. The van der Waals surface area contributed by atoms with Crippen molar-refractivity contribution < 1.29 is 4.74 Å². The summed E-state index contributed by atoms with van der Waals surface area (Å²) >= 11 is 0. The zero-order valence-electron chi connectivity index (χ0n) is 9.34. The molecule has 0 radical (unpaired) electrons. The van der Waals surface area contributed by atoms with Crippen LogP contribution in [-0.4, -0.2) is 24.8 Å². The Balaban J connectivity index is 2.21. The van der Waals surface area contributed by atoms with E-state index < -0.39 is 0 Å². The molecule has 0 bridgehead atoms. The largest absolute Gasteiger partial charge is 0.385 e. The third kappa shape index (κ3) is 3.16. The number of ether oxygens (including phenoxy) is 1. The number of methoxy groups -OCH3 is 1. The van der Waals surface area contributed by atoms with Crippen molar-refractivity contribution in [2.75, 3.05) is 20.3 Å². The highest BCUT2D eigenvalue weighted by molar-refractivity contribution is 5.14. The molecule has 1 aromatic rings. The lowest BCUT2D eigenvalue weighted by molar-refractivity contribution is 0.194. The highest BCUT2D eigenvalue weighted by Crippen LogP contribution is 2.04. The molecule has 0 aliphatic carbocycles. The van der Waals surface area contributed by atoms with Crippen molar-refractivity contribution in [3.8, 4) is 0 Å². The third-order valence-corrected chi connectivity index (χ3v) is 2.48. The first-order valence-corrected chi connectivity index (χ1v) is 5.06. The van der Waals surface area contributed by atoms with Gasteiger partial charge < -0.3 is 14.6 Å². The van der Waals surface area contributed by atoms with Gasteiger partial charge >= 0.3 is 0 Å². The van der Waals surface area contributed by atoms with E-state index in [-0.39, 0.29) is 0 Å². The van der Waals surface area contributed by atoms with Crippen molar-refractivity contribution in [3.63, 3.8) is 0 Å². The van der Waals surface area contributed by atoms with E-state index in [1.54, 1.807) is 7.11 Å². The SMILES string of the molecule is COCCCNCc1ccc(C)n1C. The number of hydrogen-bond acceptors (Lipinski definition) is 2. The Morgan fingerprint density at radius 1 is 1.43 bits per heavy atom. The Morgan fingerprint density at radius 2 is 2.21 bits per heavy atom. The minimum Gasteiger partial charge on any atom is -0.385 e. The van der Waals surface area contributed by atoms with Gasteiger partial charge in [-0.05, 0) is 32.0 Å². The van der Waals surface area contributed by atoms with Crippen LogP contribution in [0.4, 0.5) is 0 Å². The molecule has 3 nitrogen and oxygen atoms in total. The van der Waals surface area contributed by atoms with Gasteiger partial charge in [-0.1, -0.05) is 0 Å². The fraction of sp³-hybridized carbons (Fsp3) is 0.636. The van der Waals surface area contributed by atoms with Crippen molar-refractivity contribution in [3.05, 3.63) is 23.5 Å². The van der Waals surface area contributed by atoms with E-state index in [1.807, 2.05) is 0 Å². The summed E-state index contributed by atoms with van der Waals surface area (Å²) in [6, 6.07) is 4.31. The van der Waals surface area contributed by atoms with Gasteiger partial charge in [0.25, 0.3) is 0 Å². The second-order valence-electron chi connectivity index (χ2n) is 3.55. The van der Waals surface area contributed by atoms with Crippen LogP contribution in [0.25, 0.3) is 0 Å². The molecule has 0 saturated carbocycles. The summed E-state index contributed by atoms with van der Waals surface area (Å²) < 4.78 is 7.19. The molecule has 0 unspecified atom stereocenters. The standard InChI is InChI=1S/C11H20N2O/c1-10-5-6-11(13(10)2)9-12-7-4-8-14-3/h5-6,12H,4,7-9H2,1-3H3. The van der Waals surface area contributed by atoms with Crippen molar-refractivity contribution in [1.82, 2.24) is 9.88 Å². The Bertz CT molecular complexity index is 268. The molecule has 3 heteroatoms. The molecular weight excluding hydrogens is 176 g/mol. The molecule has 1 heterocycles. The molecule has 1 rings (SSSR count). The summed E-state index contributed by atoms with van der Waals surface area (Å²) in [5, 5.41) is 3.39. The molecule has 80 valence electrons. The minimum absolute atomic E-state index is 0.833. The monoisotopic (exact) mass is 196 g/mol. The van der Waals surface area contributed by atoms with Crippen LogP contribution in [0.5, 0.6) is 0 Å². The van der Waals surface area contributed by atoms with Gasteiger partial charge in [0.1, 0.15) is 0 Å². The second-order valence-corrected chi connectivity index (χ2v) is 3.55. The van der Waals surface area contributed by atoms with Crippen LogP contribution in [0, 0.1) is 6.92 Å². The van der Waals surface area contributed by atoms with Gasteiger partial charge in [0.15, 0.2) is 0 Å². The Kier molecular flexibility index (Phi) is 4.70. The second kappa shape index (κ2) is 5.83. The minimum atomic E-state index is 0.833. The van der Waals surface area contributed by atoms with Crippen LogP contribution < -0.4 is 5.32 Å². The first-order chi connectivity index (χ1) is 6.75. The van der Waals surface area contributed by atoms with E-state index in [9.17, 15) is 0 Å². The molecule has 14 heavy (non-hydrogen) atoms. The van der Waals surface area contributed by atoms with Crippen LogP contribution in [0.1, 0.15) is 17.8 Å². The maximum Gasteiger partial charge on any atom is 0.0474 e. The lowest BCUT2D eigenvalue weighted by atomic mass is 10.4. The molecule has 0 fully saturated rings. The van der Waals surface area contributed by atoms with Crippen LogP contribution in [0.2, 0.25) is 0 Å². The Labute approximate surface area is 86.1 Å². The zero-order valence-corrected chi connectivity index (χ0v) is 9.34. The smallest absolute Gasteiger partial charge is 0.0474 e. The lowest BCUT2D eigenvalue weighted by Gasteiger charge is -2.06. The molecular formula is C11H20N2O. The molecule has 0 amide bonds. The number of nitrogens with zero attached hydrogens (tertiary/aromatic N) is 1. The molecule has 0 aliphatic rings. The summed E-state index contributed by atoms with van der Waals surface area (Å²) in [4.78, 5) is 0. The number of nitrogens with one attached hydrogen (secondary N) is 1. The predicted molar refractivity (Wildman–Crippen MR) is 58.3 cm³/mol. The van der Waals surface area contributed by atoms with Gasteiger partial charge in [-0.25, -0.2) is 0 Å². The van der Waals surface area contributed by atoms with E-state index in [2.05, 4.69) is 36.0 Å². The summed E-state index contributed by atoms with van der Waals surface area (Å²) in [5.74, 6) is 0. The predicted octanol–water partition coefficient (Wildman–Crippen LogP) is 1.46. The van der Waals surface area contributed by atoms with Crippen LogP contribution in [0.15, 0.2) is 12.1 Å². The first kappa shape index (κ1) is 11.3. The maximum atomic E-state index is 4.98. The summed E-state index contributed by atoms with van der Waals surface area (Å²) in [6.45, 7) is 4.90. The fourth-order valence-electron chi connectivity index (χ4n) is 1.40. The van der Waals surface area contributed by atoms with E-state index in [4.69, 9.17) is 4.74 Å². The molecule has 0 atom stereocenters. The molecule has 0 aliphatic heterocycles. The Hall–Kier alpha value is -0.800. The van der Waals surface area contributed by atoms with Gasteiger partial charge in [-0.3, -0.25) is 0 Å².